The highest BCUT2D eigenvalue weighted by atomic mass is 32.1. The Bertz CT molecular complexity index is 748. The van der Waals surface area contributed by atoms with Gasteiger partial charge in [-0.05, 0) is 53.1 Å². The van der Waals surface area contributed by atoms with Crippen LogP contribution in [0.5, 0.6) is 0 Å². The summed E-state index contributed by atoms with van der Waals surface area (Å²) in [6, 6.07) is 4.11. The van der Waals surface area contributed by atoms with E-state index in [1.165, 1.54) is 5.56 Å². The molecule has 7 heteroatoms. The van der Waals surface area contributed by atoms with Crippen LogP contribution in [0.4, 0.5) is 0 Å². The molecule has 2 fully saturated rings. The van der Waals surface area contributed by atoms with Crippen LogP contribution in [0.3, 0.4) is 0 Å². The molecule has 2 amide bonds. The summed E-state index contributed by atoms with van der Waals surface area (Å²) in [6.45, 7) is 3.86. The minimum absolute atomic E-state index is 0.0197. The Labute approximate surface area is 150 Å². The van der Waals surface area contributed by atoms with Crippen LogP contribution in [0.1, 0.15) is 42.2 Å². The Kier molecular flexibility index (Phi) is 4.11. The Morgan fingerprint density at radius 2 is 2.20 bits per heavy atom. The summed E-state index contributed by atoms with van der Waals surface area (Å²) in [4.78, 5) is 28.5. The van der Waals surface area contributed by atoms with Gasteiger partial charge in [-0.1, -0.05) is 0 Å². The van der Waals surface area contributed by atoms with Gasteiger partial charge in [-0.25, -0.2) is 0 Å². The fourth-order valence-electron chi connectivity index (χ4n) is 4.03. The van der Waals surface area contributed by atoms with Crippen LogP contribution in [0.15, 0.2) is 29.1 Å². The van der Waals surface area contributed by atoms with Crippen LogP contribution >= 0.6 is 11.3 Å². The maximum absolute atomic E-state index is 12.4. The van der Waals surface area contributed by atoms with Crippen LogP contribution < -0.4 is 0 Å². The van der Waals surface area contributed by atoms with Crippen LogP contribution in [-0.2, 0) is 11.3 Å². The van der Waals surface area contributed by atoms with Crippen LogP contribution in [0, 0.1) is 5.41 Å². The number of nitrogens with one attached hydrogen (secondary N) is 1. The summed E-state index contributed by atoms with van der Waals surface area (Å²) in [6.07, 6.45) is 4.59. The molecular weight excluding hydrogens is 336 g/mol. The van der Waals surface area contributed by atoms with Crippen molar-refractivity contribution < 1.29 is 9.59 Å². The van der Waals surface area contributed by atoms with Gasteiger partial charge in [0.2, 0.25) is 5.91 Å². The van der Waals surface area contributed by atoms with Crippen molar-refractivity contribution in [3.05, 3.63) is 40.3 Å². The molecule has 4 rings (SSSR count). The Hall–Kier alpha value is -2.15. The number of piperidine rings is 1. The minimum Gasteiger partial charge on any atom is -0.337 e. The van der Waals surface area contributed by atoms with Gasteiger partial charge in [0.1, 0.15) is 5.69 Å². The van der Waals surface area contributed by atoms with Crippen molar-refractivity contribution in [2.45, 2.75) is 38.8 Å². The highest BCUT2D eigenvalue weighted by Gasteiger charge is 2.58. The molecule has 2 aliphatic rings. The van der Waals surface area contributed by atoms with Crippen LogP contribution in [0.25, 0.3) is 0 Å². The van der Waals surface area contributed by atoms with Crippen molar-refractivity contribution in [1.82, 2.24) is 20.0 Å². The SMILES string of the molecule is CC(=O)N(Cc1ccsc1)[C@H]1CC12CCN(C(=O)c1ccn[nH]1)CC2. The van der Waals surface area contributed by atoms with E-state index < -0.39 is 0 Å². The van der Waals surface area contributed by atoms with Crippen molar-refractivity contribution in [1.29, 1.82) is 0 Å². The molecule has 2 aromatic heterocycles. The van der Waals surface area contributed by atoms with Crippen molar-refractivity contribution in [2.24, 2.45) is 5.41 Å². The third kappa shape index (κ3) is 3.08. The number of aromatic nitrogens is 2. The normalized spacial score (nSPS) is 21.3. The molecule has 132 valence electrons. The number of H-pyrrole nitrogens is 1. The molecule has 0 radical (unpaired) electrons. The zero-order chi connectivity index (χ0) is 17.4. The van der Waals surface area contributed by atoms with E-state index in [1.54, 1.807) is 30.5 Å². The summed E-state index contributed by atoms with van der Waals surface area (Å²) in [5, 5.41) is 10.8. The third-order valence-corrected chi connectivity index (χ3v) is 6.37. The van der Waals surface area contributed by atoms with Crippen LogP contribution in [0.2, 0.25) is 0 Å². The van der Waals surface area contributed by atoms with Crippen LogP contribution in [-0.4, -0.2) is 50.9 Å². The first-order valence-electron chi connectivity index (χ1n) is 8.66. The summed E-state index contributed by atoms with van der Waals surface area (Å²) in [5.74, 6) is 0.162. The van der Waals surface area contributed by atoms with E-state index in [0.29, 0.717) is 18.3 Å². The van der Waals surface area contributed by atoms with Gasteiger partial charge >= 0.3 is 0 Å². The first-order chi connectivity index (χ1) is 12.1. The average molecular weight is 358 g/mol. The monoisotopic (exact) mass is 358 g/mol. The smallest absolute Gasteiger partial charge is 0.271 e. The lowest BCUT2D eigenvalue weighted by molar-refractivity contribution is -0.130. The molecule has 1 saturated carbocycles. The van der Waals surface area contributed by atoms with Crippen molar-refractivity contribution >= 4 is 23.2 Å². The largest absolute Gasteiger partial charge is 0.337 e. The van der Waals surface area contributed by atoms with E-state index in [-0.39, 0.29) is 17.2 Å². The molecule has 1 saturated heterocycles. The second-order valence-electron chi connectivity index (χ2n) is 7.12. The lowest BCUT2D eigenvalue weighted by atomic mass is 9.92. The summed E-state index contributed by atoms with van der Waals surface area (Å²) < 4.78 is 0. The zero-order valence-electron chi connectivity index (χ0n) is 14.3. The topological polar surface area (TPSA) is 69.3 Å². The number of aromatic amines is 1. The van der Waals surface area contributed by atoms with Gasteiger partial charge in [-0.2, -0.15) is 16.4 Å². The maximum atomic E-state index is 12.4. The maximum Gasteiger partial charge on any atom is 0.271 e. The first-order valence-corrected chi connectivity index (χ1v) is 9.60. The minimum atomic E-state index is 0.0197. The van der Waals surface area contributed by atoms with E-state index in [0.717, 1.165) is 32.4 Å². The highest BCUT2D eigenvalue weighted by molar-refractivity contribution is 7.07. The second-order valence-corrected chi connectivity index (χ2v) is 7.90. The number of rotatable bonds is 4. The van der Waals surface area contributed by atoms with Gasteiger partial charge in [-0.3, -0.25) is 14.7 Å². The average Bonchev–Trinajstić information content (AvgIpc) is 3.07. The number of hydrogen-bond donors (Lipinski definition) is 1. The molecule has 1 aliphatic heterocycles. The van der Waals surface area contributed by atoms with Gasteiger partial charge < -0.3 is 9.80 Å². The number of carbonyl (C=O) groups is 2. The fraction of sp³-hybridized carbons (Fsp3) is 0.500. The predicted octanol–water partition coefficient (Wildman–Crippen LogP) is 2.51. The van der Waals surface area contributed by atoms with Gasteiger partial charge in [0, 0.05) is 38.8 Å². The molecule has 1 atom stereocenters. The molecule has 3 heterocycles. The third-order valence-electron chi connectivity index (χ3n) is 5.64. The molecule has 0 aromatic carbocycles. The lowest BCUT2D eigenvalue weighted by Gasteiger charge is -2.34. The molecule has 1 N–H and O–H groups in total. The predicted molar refractivity (Wildman–Crippen MR) is 95.1 cm³/mol. The van der Waals surface area contributed by atoms with E-state index in [1.807, 2.05) is 9.80 Å². The number of hydrogen-bond acceptors (Lipinski definition) is 4. The Morgan fingerprint density at radius 3 is 2.80 bits per heavy atom. The molecule has 1 aliphatic carbocycles. The van der Waals surface area contributed by atoms with Gasteiger partial charge in [0.15, 0.2) is 0 Å². The van der Waals surface area contributed by atoms with Gasteiger partial charge in [-0.15, -0.1) is 0 Å². The highest BCUT2D eigenvalue weighted by Crippen LogP contribution is 2.57. The quantitative estimate of drug-likeness (QED) is 0.913. The van der Waals surface area contributed by atoms with Crippen molar-refractivity contribution in [3.63, 3.8) is 0 Å². The zero-order valence-corrected chi connectivity index (χ0v) is 15.1. The Morgan fingerprint density at radius 1 is 1.40 bits per heavy atom. The second kappa shape index (κ2) is 6.29. The number of carbonyl (C=O) groups excluding carboxylic acids is 2. The van der Waals surface area contributed by atoms with E-state index in [4.69, 9.17) is 0 Å². The number of thiophene rings is 1. The Balaban J connectivity index is 1.38. The number of likely N-dealkylation sites (tertiary alicyclic amines) is 1. The molecule has 6 nitrogen and oxygen atoms in total. The molecule has 0 unspecified atom stereocenters. The van der Waals surface area contributed by atoms with E-state index in [9.17, 15) is 9.59 Å². The fourth-order valence-corrected chi connectivity index (χ4v) is 4.68. The molecule has 25 heavy (non-hydrogen) atoms. The lowest BCUT2D eigenvalue weighted by Crippen LogP contribution is -2.42. The first kappa shape index (κ1) is 16.3. The summed E-state index contributed by atoms with van der Waals surface area (Å²) >= 11 is 1.66. The molecule has 0 bridgehead atoms. The standard InChI is InChI=1S/C18H22N4O2S/c1-13(23)22(11-14-3-9-25-12-14)16-10-18(16)4-7-21(8-5-18)17(24)15-2-6-19-20-15/h2-3,6,9,12,16H,4-5,7-8,10-11H2,1H3,(H,19,20)/t16-/m0/s1. The number of amides is 2. The van der Waals surface area contributed by atoms with E-state index >= 15 is 0 Å². The summed E-state index contributed by atoms with van der Waals surface area (Å²) in [5.41, 5.74) is 1.95. The summed E-state index contributed by atoms with van der Waals surface area (Å²) in [7, 11) is 0. The number of nitrogens with zero attached hydrogens (tertiary/aromatic N) is 3. The van der Waals surface area contributed by atoms with Crippen molar-refractivity contribution in [3.8, 4) is 0 Å². The van der Waals surface area contributed by atoms with Gasteiger partial charge in [0.05, 0.1) is 0 Å². The molecule has 1 spiro atoms. The molecular formula is C18H22N4O2S. The van der Waals surface area contributed by atoms with Crippen molar-refractivity contribution in [2.75, 3.05) is 13.1 Å². The molecule has 2 aromatic rings. The van der Waals surface area contributed by atoms with Gasteiger partial charge in [0.25, 0.3) is 5.91 Å². The van der Waals surface area contributed by atoms with E-state index in [2.05, 4.69) is 27.0 Å².